The Morgan fingerprint density at radius 2 is 2.05 bits per heavy atom. The van der Waals surface area contributed by atoms with Crippen LogP contribution < -0.4 is 9.80 Å². The smallest absolute Gasteiger partial charge is 0.156 e. The second-order valence-corrected chi connectivity index (χ2v) is 5.98. The van der Waals surface area contributed by atoms with E-state index in [1.165, 1.54) is 12.8 Å². The summed E-state index contributed by atoms with van der Waals surface area (Å²) in [5, 5.41) is 0. The molecule has 0 aromatic carbocycles. The molecule has 0 bridgehead atoms. The summed E-state index contributed by atoms with van der Waals surface area (Å²) >= 11 is 0. The third kappa shape index (κ3) is 3.34. The molecule has 116 valence electrons. The van der Waals surface area contributed by atoms with Gasteiger partial charge in [-0.05, 0) is 26.2 Å². The number of anilines is 2. The lowest BCUT2D eigenvalue weighted by Crippen LogP contribution is -2.44. The molecular weight excluding hydrogens is 264 g/mol. The molecule has 2 rings (SSSR count). The van der Waals surface area contributed by atoms with Gasteiger partial charge in [-0.15, -0.1) is 0 Å². The van der Waals surface area contributed by atoms with Crippen molar-refractivity contribution < 1.29 is 4.79 Å². The van der Waals surface area contributed by atoms with Gasteiger partial charge in [0.25, 0.3) is 0 Å². The van der Waals surface area contributed by atoms with Crippen LogP contribution in [0.15, 0.2) is 6.20 Å². The Balaban J connectivity index is 2.48. The van der Waals surface area contributed by atoms with Gasteiger partial charge in [-0.2, -0.15) is 0 Å². The fraction of sp³-hybridized carbons (Fsp3) is 0.688. The number of carbonyl (C=O) groups is 1. The Kier molecular flexibility index (Phi) is 5.15. The molecule has 0 saturated heterocycles. The Hall–Kier alpha value is -1.65. The predicted molar refractivity (Wildman–Crippen MR) is 86.0 cm³/mol. The molecule has 1 aliphatic rings. The van der Waals surface area contributed by atoms with Crippen molar-refractivity contribution in [2.45, 2.75) is 58.0 Å². The third-order valence-electron chi connectivity index (χ3n) is 4.25. The lowest BCUT2D eigenvalue weighted by atomic mass is 10.1. The van der Waals surface area contributed by atoms with E-state index in [2.05, 4.69) is 21.8 Å². The van der Waals surface area contributed by atoms with Crippen LogP contribution in [0.2, 0.25) is 0 Å². The molecule has 0 aliphatic heterocycles. The molecule has 1 saturated carbocycles. The minimum Gasteiger partial charge on any atom is -0.373 e. The average molecular weight is 290 g/mol. The van der Waals surface area contributed by atoms with Crippen molar-refractivity contribution in [2.24, 2.45) is 0 Å². The minimum absolute atomic E-state index is 0.110. The summed E-state index contributed by atoms with van der Waals surface area (Å²) in [6.07, 6.45) is 8.47. The molecule has 5 heteroatoms. The molecule has 0 N–H and O–H groups in total. The summed E-state index contributed by atoms with van der Waals surface area (Å²) in [6.45, 7) is 3.96. The van der Waals surface area contributed by atoms with Gasteiger partial charge in [-0.3, -0.25) is 0 Å². The molecule has 1 aromatic heterocycles. The van der Waals surface area contributed by atoms with E-state index in [0.29, 0.717) is 6.04 Å². The van der Waals surface area contributed by atoms with Crippen molar-refractivity contribution in [1.29, 1.82) is 0 Å². The summed E-state index contributed by atoms with van der Waals surface area (Å²) in [5.74, 6) is 1.65. The molecule has 1 heterocycles. The van der Waals surface area contributed by atoms with Crippen LogP contribution >= 0.6 is 0 Å². The van der Waals surface area contributed by atoms with Gasteiger partial charge in [-0.25, -0.2) is 9.97 Å². The summed E-state index contributed by atoms with van der Waals surface area (Å²) in [5.41, 5.74) is 0.979. The van der Waals surface area contributed by atoms with Crippen LogP contribution in [0.5, 0.6) is 0 Å². The molecule has 1 fully saturated rings. The standard InChI is InChI=1S/C16H26N4O/c1-5-13(11-21)20(14-8-6-7-9-14)16-15(19(3)4)10-17-12(2)18-16/h10-11,13-14H,5-9H2,1-4H3. The van der Waals surface area contributed by atoms with E-state index in [1.807, 2.05) is 32.1 Å². The summed E-state index contributed by atoms with van der Waals surface area (Å²) in [4.78, 5) is 24.8. The molecule has 0 radical (unpaired) electrons. The lowest BCUT2D eigenvalue weighted by molar-refractivity contribution is -0.109. The van der Waals surface area contributed by atoms with E-state index in [4.69, 9.17) is 0 Å². The number of aryl methyl sites for hydroxylation is 1. The van der Waals surface area contributed by atoms with Crippen LogP contribution in [0, 0.1) is 6.92 Å². The van der Waals surface area contributed by atoms with Crippen LogP contribution in [0.3, 0.4) is 0 Å². The SMILES string of the molecule is CCC(C=O)N(c1nc(C)ncc1N(C)C)C1CCCC1. The van der Waals surface area contributed by atoms with Crippen LogP contribution in [-0.2, 0) is 4.79 Å². The zero-order chi connectivity index (χ0) is 15.4. The van der Waals surface area contributed by atoms with E-state index < -0.39 is 0 Å². The van der Waals surface area contributed by atoms with Gasteiger partial charge in [0.2, 0.25) is 0 Å². The number of aldehydes is 1. The van der Waals surface area contributed by atoms with Gasteiger partial charge in [-0.1, -0.05) is 19.8 Å². The number of aromatic nitrogens is 2. The Morgan fingerprint density at radius 1 is 1.38 bits per heavy atom. The summed E-state index contributed by atoms with van der Waals surface area (Å²) in [7, 11) is 3.98. The molecule has 1 atom stereocenters. The molecule has 5 nitrogen and oxygen atoms in total. The van der Waals surface area contributed by atoms with Gasteiger partial charge < -0.3 is 14.6 Å². The number of nitrogens with zero attached hydrogens (tertiary/aromatic N) is 4. The molecular formula is C16H26N4O. The van der Waals surface area contributed by atoms with Crippen LogP contribution in [0.4, 0.5) is 11.5 Å². The molecule has 1 aliphatic carbocycles. The molecule has 1 unspecified atom stereocenters. The zero-order valence-corrected chi connectivity index (χ0v) is 13.5. The Labute approximate surface area is 127 Å². The topological polar surface area (TPSA) is 49.3 Å². The fourth-order valence-corrected chi connectivity index (χ4v) is 3.10. The second kappa shape index (κ2) is 6.87. The van der Waals surface area contributed by atoms with E-state index >= 15 is 0 Å². The molecule has 1 aromatic rings. The van der Waals surface area contributed by atoms with E-state index in [-0.39, 0.29) is 6.04 Å². The van der Waals surface area contributed by atoms with Crippen molar-refractivity contribution in [2.75, 3.05) is 23.9 Å². The van der Waals surface area contributed by atoms with Crippen molar-refractivity contribution in [1.82, 2.24) is 9.97 Å². The highest BCUT2D eigenvalue weighted by Gasteiger charge is 2.31. The lowest BCUT2D eigenvalue weighted by Gasteiger charge is -2.36. The monoisotopic (exact) mass is 290 g/mol. The molecule has 0 spiro atoms. The highest BCUT2D eigenvalue weighted by Crippen LogP contribution is 2.34. The number of carbonyl (C=O) groups excluding carboxylic acids is 1. The first-order valence-electron chi connectivity index (χ1n) is 7.83. The fourth-order valence-electron chi connectivity index (χ4n) is 3.10. The van der Waals surface area contributed by atoms with Crippen molar-refractivity contribution in [3.8, 4) is 0 Å². The maximum atomic E-state index is 11.6. The average Bonchev–Trinajstić information content (AvgIpc) is 2.97. The van der Waals surface area contributed by atoms with E-state index in [1.54, 1.807) is 0 Å². The van der Waals surface area contributed by atoms with Crippen molar-refractivity contribution in [3.63, 3.8) is 0 Å². The van der Waals surface area contributed by atoms with E-state index in [0.717, 1.165) is 42.9 Å². The highest BCUT2D eigenvalue weighted by atomic mass is 16.1. The van der Waals surface area contributed by atoms with Crippen molar-refractivity contribution >= 4 is 17.8 Å². The number of hydrogen-bond acceptors (Lipinski definition) is 5. The molecule has 21 heavy (non-hydrogen) atoms. The van der Waals surface area contributed by atoms with Gasteiger partial charge in [0.05, 0.1) is 17.9 Å². The largest absolute Gasteiger partial charge is 0.373 e. The van der Waals surface area contributed by atoms with Gasteiger partial charge >= 0.3 is 0 Å². The van der Waals surface area contributed by atoms with Crippen LogP contribution in [0.1, 0.15) is 44.9 Å². The zero-order valence-electron chi connectivity index (χ0n) is 13.5. The van der Waals surface area contributed by atoms with Gasteiger partial charge in [0.1, 0.15) is 12.1 Å². The van der Waals surface area contributed by atoms with Gasteiger partial charge in [0.15, 0.2) is 5.82 Å². The van der Waals surface area contributed by atoms with Crippen LogP contribution in [-0.4, -0.2) is 42.4 Å². The maximum absolute atomic E-state index is 11.6. The summed E-state index contributed by atoms with van der Waals surface area (Å²) < 4.78 is 0. The third-order valence-corrected chi connectivity index (χ3v) is 4.25. The first kappa shape index (κ1) is 15.7. The molecule has 0 amide bonds. The normalized spacial score (nSPS) is 16.8. The second-order valence-electron chi connectivity index (χ2n) is 5.98. The maximum Gasteiger partial charge on any atom is 0.156 e. The van der Waals surface area contributed by atoms with Crippen LogP contribution in [0.25, 0.3) is 0 Å². The Morgan fingerprint density at radius 3 is 2.57 bits per heavy atom. The number of rotatable bonds is 6. The van der Waals surface area contributed by atoms with E-state index in [9.17, 15) is 4.79 Å². The summed E-state index contributed by atoms with van der Waals surface area (Å²) in [6, 6.07) is 0.300. The number of hydrogen-bond donors (Lipinski definition) is 0. The quantitative estimate of drug-likeness (QED) is 0.754. The first-order valence-corrected chi connectivity index (χ1v) is 7.83. The minimum atomic E-state index is -0.110. The predicted octanol–water partition coefficient (Wildman–Crippen LogP) is 2.58. The highest BCUT2D eigenvalue weighted by molar-refractivity contribution is 5.72. The first-order chi connectivity index (χ1) is 10.1. The van der Waals surface area contributed by atoms with Gasteiger partial charge in [0, 0.05) is 20.1 Å². The van der Waals surface area contributed by atoms with Crippen molar-refractivity contribution in [3.05, 3.63) is 12.0 Å². The Bertz CT molecular complexity index is 483.